The maximum Gasteiger partial charge on any atom is 0.310 e. The van der Waals surface area contributed by atoms with Gasteiger partial charge >= 0.3 is 11.9 Å². The molecule has 16 nitrogen and oxygen atoms in total. The second-order valence-electron chi connectivity index (χ2n) is 10.7. The molecule has 3 heterocycles. The summed E-state index contributed by atoms with van der Waals surface area (Å²) in [7, 11) is 0. The zero-order valence-corrected chi connectivity index (χ0v) is 26.6. The molecule has 0 saturated carbocycles. The van der Waals surface area contributed by atoms with Gasteiger partial charge in [-0.25, -0.2) is 15.0 Å². The van der Waals surface area contributed by atoms with Crippen molar-refractivity contribution in [3.8, 4) is 0 Å². The Hall–Kier alpha value is -4.61. The van der Waals surface area contributed by atoms with Crippen LogP contribution in [0.25, 0.3) is 0 Å². The first kappa shape index (κ1) is 34.3. The standard InChI is InChI=1S/C28H33ClN8O8S/c1-17-4-3-5-19(29)24(17)34-25(40)20-16-30-27(46-20)33-21-14-22(32-18(2)31-21)36-11-9-35(10-12-36)8-6-28(26(41)42,15-23(38)39)7-13-45-37(43)44/h3-5,14,16H,6-13,15H2,1-2H3,(H,34,40)(H,38,39)(H,41,42)(H,30,31,32,33). The van der Waals surface area contributed by atoms with Gasteiger partial charge in [0, 0.05) is 32.2 Å². The Balaban J connectivity index is 1.35. The summed E-state index contributed by atoms with van der Waals surface area (Å²) < 4.78 is 0. The molecule has 1 saturated heterocycles. The summed E-state index contributed by atoms with van der Waals surface area (Å²) in [5, 5.41) is 35.6. The van der Waals surface area contributed by atoms with E-state index in [2.05, 4.69) is 35.3 Å². The van der Waals surface area contributed by atoms with Crippen LogP contribution in [0.15, 0.2) is 30.5 Å². The van der Waals surface area contributed by atoms with E-state index >= 15 is 0 Å². The number of carboxylic acids is 2. The molecule has 0 bridgehead atoms. The van der Waals surface area contributed by atoms with Crippen LogP contribution >= 0.6 is 22.9 Å². The van der Waals surface area contributed by atoms with E-state index in [0.29, 0.717) is 64.4 Å². The van der Waals surface area contributed by atoms with Gasteiger partial charge in [-0.3, -0.25) is 19.3 Å². The monoisotopic (exact) mass is 676 g/mol. The lowest BCUT2D eigenvalue weighted by Crippen LogP contribution is -2.48. The summed E-state index contributed by atoms with van der Waals surface area (Å²) in [6.45, 7) is 5.60. The molecular weight excluding hydrogens is 644 g/mol. The average molecular weight is 677 g/mol. The van der Waals surface area contributed by atoms with E-state index < -0.39 is 35.5 Å². The van der Waals surface area contributed by atoms with Crippen molar-refractivity contribution in [1.29, 1.82) is 0 Å². The van der Waals surface area contributed by atoms with Gasteiger partial charge in [-0.05, 0) is 44.9 Å². The lowest BCUT2D eigenvalue weighted by molar-refractivity contribution is -0.758. The van der Waals surface area contributed by atoms with Gasteiger partial charge in [0.15, 0.2) is 5.13 Å². The third-order valence-electron chi connectivity index (χ3n) is 7.57. The van der Waals surface area contributed by atoms with Crippen LogP contribution in [0.3, 0.4) is 0 Å². The minimum absolute atomic E-state index is 0.0117. The van der Waals surface area contributed by atoms with Gasteiger partial charge in [0.25, 0.3) is 11.0 Å². The number of aryl methyl sites for hydroxylation is 2. The molecular formula is C28H33ClN8O8S. The second kappa shape index (κ2) is 15.1. The van der Waals surface area contributed by atoms with Gasteiger partial charge in [-0.2, -0.15) is 0 Å². The number of aliphatic carboxylic acids is 2. The topological polar surface area (TPSA) is 213 Å². The Morgan fingerprint density at radius 3 is 2.54 bits per heavy atom. The summed E-state index contributed by atoms with van der Waals surface area (Å²) in [5.74, 6) is -1.30. The van der Waals surface area contributed by atoms with Gasteiger partial charge in [0.05, 0.1) is 35.3 Å². The molecule has 0 radical (unpaired) electrons. The van der Waals surface area contributed by atoms with Gasteiger partial charge < -0.3 is 30.6 Å². The number of thiazole rings is 1. The second-order valence-corrected chi connectivity index (χ2v) is 12.2. The van der Waals surface area contributed by atoms with E-state index in [1.807, 2.05) is 17.9 Å². The number of para-hydroxylation sites is 1. The van der Waals surface area contributed by atoms with E-state index in [1.54, 1.807) is 25.1 Å². The number of carbonyl (C=O) groups excluding carboxylic acids is 1. The zero-order chi connectivity index (χ0) is 33.4. The minimum Gasteiger partial charge on any atom is -0.481 e. The van der Waals surface area contributed by atoms with E-state index in [-0.39, 0.29) is 25.3 Å². The number of rotatable bonds is 15. The highest BCUT2D eigenvalue weighted by atomic mass is 35.5. The number of amides is 1. The van der Waals surface area contributed by atoms with Crippen molar-refractivity contribution >= 4 is 63.2 Å². The van der Waals surface area contributed by atoms with Crippen molar-refractivity contribution < 1.29 is 34.5 Å². The predicted molar refractivity (Wildman–Crippen MR) is 169 cm³/mol. The highest BCUT2D eigenvalue weighted by molar-refractivity contribution is 7.17. The lowest BCUT2D eigenvalue weighted by atomic mass is 9.78. The fourth-order valence-corrected chi connectivity index (χ4v) is 6.05. The maximum atomic E-state index is 12.8. The number of benzene rings is 1. The van der Waals surface area contributed by atoms with Gasteiger partial charge in [0.2, 0.25) is 0 Å². The van der Waals surface area contributed by atoms with Crippen molar-refractivity contribution in [2.75, 3.05) is 54.9 Å². The Morgan fingerprint density at radius 2 is 1.89 bits per heavy atom. The number of hydrogen-bond acceptors (Lipinski definition) is 13. The molecule has 1 unspecified atom stereocenters. The SMILES string of the molecule is Cc1nc(Nc2ncc(C(=O)Nc3c(C)cccc3Cl)s2)cc(N2CCN(CCC(CCO[N+](=O)[O-])(CC(=O)O)C(=O)O)CC2)n1. The molecule has 4 N–H and O–H groups in total. The Kier molecular flexibility index (Phi) is 11.3. The quantitative estimate of drug-likeness (QED) is 0.133. The predicted octanol–water partition coefficient (Wildman–Crippen LogP) is 3.86. The van der Waals surface area contributed by atoms with Crippen LogP contribution in [-0.2, 0) is 14.4 Å². The third-order valence-corrected chi connectivity index (χ3v) is 8.80. The van der Waals surface area contributed by atoms with Crippen molar-refractivity contribution in [3.05, 3.63) is 61.9 Å². The normalized spacial score (nSPS) is 14.7. The van der Waals surface area contributed by atoms with Crippen molar-refractivity contribution in [3.63, 3.8) is 0 Å². The number of nitrogens with zero attached hydrogens (tertiary/aromatic N) is 6. The smallest absolute Gasteiger partial charge is 0.310 e. The van der Waals surface area contributed by atoms with Crippen molar-refractivity contribution in [1.82, 2.24) is 19.9 Å². The molecule has 246 valence electrons. The van der Waals surface area contributed by atoms with Crippen LogP contribution in [-0.4, -0.2) is 92.3 Å². The van der Waals surface area contributed by atoms with Crippen molar-refractivity contribution in [2.45, 2.75) is 33.1 Å². The number of carbonyl (C=O) groups is 3. The van der Waals surface area contributed by atoms with Crippen LogP contribution < -0.4 is 15.5 Å². The summed E-state index contributed by atoms with van der Waals surface area (Å²) in [6.07, 6.45) is 0.472. The first-order chi connectivity index (χ1) is 21.8. The maximum absolute atomic E-state index is 12.8. The highest BCUT2D eigenvalue weighted by Crippen LogP contribution is 2.33. The first-order valence-electron chi connectivity index (χ1n) is 14.2. The van der Waals surface area contributed by atoms with Gasteiger partial charge in [0.1, 0.15) is 22.3 Å². The zero-order valence-electron chi connectivity index (χ0n) is 25.1. The molecule has 46 heavy (non-hydrogen) atoms. The summed E-state index contributed by atoms with van der Waals surface area (Å²) in [4.78, 5) is 69.0. The third kappa shape index (κ3) is 8.98. The number of piperazine rings is 1. The van der Waals surface area contributed by atoms with Gasteiger partial charge in [-0.1, -0.05) is 35.1 Å². The summed E-state index contributed by atoms with van der Waals surface area (Å²) >= 11 is 7.39. The van der Waals surface area contributed by atoms with Crippen LogP contribution in [0.5, 0.6) is 0 Å². The Bertz CT molecular complexity index is 1580. The summed E-state index contributed by atoms with van der Waals surface area (Å²) in [5.41, 5.74) is -0.329. The largest absolute Gasteiger partial charge is 0.481 e. The molecule has 4 rings (SSSR count). The molecule has 1 aromatic carbocycles. The molecule has 0 spiro atoms. The molecule has 0 aliphatic carbocycles. The first-order valence-corrected chi connectivity index (χ1v) is 15.4. The number of aromatic nitrogens is 3. The molecule has 3 aromatic rings. The Morgan fingerprint density at radius 1 is 1.15 bits per heavy atom. The lowest BCUT2D eigenvalue weighted by Gasteiger charge is -2.37. The van der Waals surface area contributed by atoms with E-state index in [0.717, 1.165) is 16.9 Å². The molecule has 1 amide bonds. The number of hydrogen-bond donors (Lipinski definition) is 4. The van der Waals surface area contributed by atoms with Gasteiger partial charge in [-0.15, -0.1) is 10.1 Å². The van der Waals surface area contributed by atoms with E-state index in [1.165, 1.54) is 6.20 Å². The molecule has 18 heteroatoms. The van der Waals surface area contributed by atoms with Crippen molar-refractivity contribution in [2.24, 2.45) is 5.41 Å². The fourth-order valence-electron chi connectivity index (χ4n) is 5.06. The molecule has 1 fully saturated rings. The molecule has 1 aliphatic rings. The van der Waals surface area contributed by atoms with E-state index in [9.17, 15) is 34.7 Å². The minimum atomic E-state index is -1.70. The number of anilines is 4. The Labute approximate surface area is 272 Å². The summed E-state index contributed by atoms with van der Waals surface area (Å²) in [6, 6.07) is 7.13. The fraction of sp³-hybridized carbons (Fsp3) is 0.429. The highest BCUT2D eigenvalue weighted by Gasteiger charge is 2.41. The molecule has 2 aromatic heterocycles. The average Bonchev–Trinajstić information content (AvgIpc) is 3.45. The van der Waals surface area contributed by atoms with E-state index in [4.69, 9.17) is 11.6 Å². The number of halogens is 1. The van der Waals surface area contributed by atoms with Crippen LogP contribution in [0, 0.1) is 29.4 Å². The molecule has 1 atom stereocenters. The number of nitrogens with one attached hydrogen (secondary N) is 2. The molecule has 1 aliphatic heterocycles. The van der Waals surface area contributed by atoms with Crippen LogP contribution in [0.4, 0.5) is 22.5 Å². The van der Waals surface area contributed by atoms with Crippen LogP contribution in [0.1, 0.15) is 40.3 Å². The van der Waals surface area contributed by atoms with Crippen LogP contribution in [0.2, 0.25) is 5.02 Å². The number of carboxylic acid groups (broad SMARTS) is 2.